The van der Waals surface area contributed by atoms with Gasteiger partial charge in [0.25, 0.3) is 5.91 Å². The molecule has 3 heterocycles. The van der Waals surface area contributed by atoms with E-state index in [4.69, 9.17) is 4.99 Å². The Morgan fingerprint density at radius 2 is 1.93 bits per heavy atom. The molecule has 3 amide bonds. The third-order valence-corrected chi connectivity index (χ3v) is 6.39. The Hall–Kier alpha value is -3.22. The number of hydrogen-bond donors (Lipinski definition) is 1. The number of aromatic nitrogens is 1. The smallest absolute Gasteiger partial charge is 0.328 e. The predicted octanol–water partition coefficient (Wildman–Crippen LogP) is 3.24. The van der Waals surface area contributed by atoms with E-state index in [1.54, 1.807) is 17.3 Å². The van der Waals surface area contributed by atoms with Crippen LogP contribution in [0, 0.1) is 0 Å². The first kappa shape index (κ1) is 18.8. The van der Waals surface area contributed by atoms with Gasteiger partial charge in [-0.3, -0.25) is 25.0 Å². The summed E-state index contributed by atoms with van der Waals surface area (Å²) in [7, 11) is 0. The number of urea groups is 1. The molecule has 5 rings (SSSR count). The van der Waals surface area contributed by atoms with Crippen molar-refractivity contribution in [1.29, 1.82) is 0 Å². The molecule has 7 heteroatoms. The summed E-state index contributed by atoms with van der Waals surface area (Å²) in [6.45, 7) is 0.989. The van der Waals surface area contributed by atoms with Crippen LogP contribution in [0.1, 0.15) is 42.5 Å². The van der Waals surface area contributed by atoms with Crippen molar-refractivity contribution in [2.24, 2.45) is 4.99 Å². The van der Waals surface area contributed by atoms with Crippen LogP contribution in [-0.4, -0.2) is 52.3 Å². The average Bonchev–Trinajstić information content (AvgIpc) is 3.50. The first-order valence-corrected chi connectivity index (χ1v) is 10.6. The van der Waals surface area contributed by atoms with Crippen LogP contribution >= 0.6 is 0 Å². The molecule has 3 aliphatic rings. The van der Waals surface area contributed by atoms with E-state index in [9.17, 15) is 9.59 Å². The van der Waals surface area contributed by atoms with E-state index < -0.39 is 5.54 Å². The monoisotopic (exact) mass is 403 g/mol. The topological polar surface area (TPSA) is 77.9 Å². The van der Waals surface area contributed by atoms with Crippen LogP contribution in [0.3, 0.4) is 0 Å². The number of likely N-dealkylation sites (tertiary alicyclic amines) is 1. The highest BCUT2D eigenvalue weighted by Crippen LogP contribution is 2.38. The number of pyridine rings is 1. The van der Waals surface area contributed by atoms with Crippen molar-refractivity contribution in [2.45, 2.75) is 43.7 Å². The van der Waals surface area contributed by atoms with Crippen molar-refractivity contribution >= 4 is 23.5 Å². The normalized spacial score (nSPS) is 25.5. The molecule has 2 aliphatic heterocycles. The predicted molar refractivity (Wildman–Crippen MR) is 115 cm³/mol. The minimum atomic E-state index is -0.673. The molecule has 0 radical (unpaired) electrons. The molecule has 7 nitrogen and oxygen atoms in total. The van der Waals surface area contributed by atoms with E-state index in [1.165, 1.54) is 12.8 Å². The Kier molecular flexibility index (Phi) is 4.73. The zero-order valence-corrected chi connectivity index (χ0v) is 16.8. The number of amidine groups is 1. The van der Waals surface area contributed by atoms with Crippen molar-refractivity contribution in [3.63, 3.8) is 0 Å². The lowest BCUT2D eigenvalue weighted by Gasteiger charge is -2.33. The molecule has 3 fully saturated rings. The number of amides is 3. The number of nitrogens with one attached hydrogen (secondary N) is 1. The van der Waals surface area contributed by atoms with Gasteiger partial charge in [0.1, 0.15) is 11.4 Å². The maximum atomic E-state index is 13.1. The van der Waals surface area contributed by atoms with Crippen molar-refractivity contribution in [2.75, 3.05) is 18.0 Å². The third-order valence-electron chi connectivity index (χ3n) is 6.39. The molecule has 1 saturated carbocycles. The number of aliphatic imine (C=N–C) groups is 1. The minimum Gasteiger partial charge on any atom is -0.336 e. The van der Waals surface area contributed by atoms with Crippen molar-refractivity contribution in [3.8, 4) is 0 Å². The van der Waals surface area contributed by atoms with Gasteiger partial charge in [-0.25, -0.2) is 4.79 Å². The Morgan fingerprint density at radius 1 is 1.13 bits per heavy atom. The molecular weight excluding hydrogens is 378 g/mol. The summed E-state index contributed by atoms with van der Waals surface area (Å²) >= 11 is 0. The minimum absolute atomic E-state index is 0.0156. The molecule has 1 aliphatic carbocycles. The summed E-state index contributed by atoms with van der Waals surface area (Å²) in [4.78, 5) is 39.0. The van der Waals surface area contributed by atoms with E-state index in [0.29, 0.717) is 30.9 Å². The van der Waals surface area contributed by atoms with Gasteiger partial charge in [-0.1, -0.05) is 31.0 Å². The molecule has 154 valence electrons. The fourth-order valence-corrected chi connectivity index (χ4v) is 4.90. The lowest BCUT2D eigenvalue weighted by molar-refractivity contribution is 0.0788. The van der Waals surface area contributed by atoms with Gasteiger partial charge in [0.2, 0.25) is 0 Å². The van der Waals surface area contributed by atoms with Gasteiger partial charge in [-0.15, -0.1) is 0 Å². The molecular formula is C23H25N5O2. The second-order valence-corrected chi connectivity index (χ2v) is 8.27. The molecule has 1 spiro atoms. The summed E-state index contributed by atoms with van der Waals surface area (Å²) in [5.74, 6) is 0.685. The van der Waals surface area contributed by atoms with Gasteiger partial charge in [0.15, 0.2) is 0 Å². The van der Waals surface area contributed by atoms with Gasteiger partial charge < -0.3 is 4.90 Å². The first-order valence-electron chi connectivity index (χ1n) is 10.6. The van der Waals surface area contributed by atoms with Crippen LogP contribution in [0.2, 0.25) is 0 Å². The molecule has 2 saturated heterocycles. The average molecular weight is 403 g/mol. The number of anilines is 1. The van der Waals surface area contributed by atoms with Crippen LogP contribution in [0.5, 0.6) is 0 Å². The zero-order valence-electron chi connectivity index (χ0n) is 16.8. The second-order valence-electron chi connectivity index (χ2n) is 8.27. The molecule has 30 heavy (non-hydrogen) atoms. The standard InChI is InChI=1S/C23H25N5O2/c29-20(17-7-2-1-3-8-17)27-14-12-23(16-27)21(25-18-9-4-5-10-18)26-22(30)28(23)19-11-6-13-24-15-19/h1-3,6-8,11,13,15,18H,4-5,9-10,12,14,16H2,(H,25,26,30). The fraction of sp³-hybridized carbons (Fsp3) is 0.391. The molecule has 0 bridgehead atoms. The van der Waals surface area contributed by atoms with E-state index in [0.717, 1.165) is 18.5 Å². The molecule has 1 N–H and O–H groups in total. The number of carbonyl (C=O) groups excluding carboxylic acids is 2. The van der Waals surface area contributed by atoms with Gasteiger partial charge >= 0.3 is 6.03 Å². The molecule has 2 aromatic rings. The number of hydrogen-bond acceptors (Lipinski definition) is 4. The van der Waals surface area contributed by atoms with E-state index in [2.05, 4.69) is 10.3 Å². The molecule has 1 aromatic carbocycles. The number of rotatable bonds is 3. The molecule has 1 aromatic heterocycles. The van der Waals surface area contributed by atoms with E-state index in [-0.39, 0.29) is 18.0 Å². The number of nitrogens with zero attached hydrogens (tertiary/aromatic N) is 4. The van der Waals surface area contributed by atoms with Gasteiger partial charge in [-0.2, -0.15) is 0 Å². The summed E-state index contributed by atoms with van der Waals surface area (Å²) in [6.07, 6.45) is 8.48. The summed E-state index contributed by atoms with van der Waals surface area (Å²) in [5, 5.41) is 3.03. The van der Waals surface area contributed by atoms with Crippen LogP contribution in [0.4, 0.5) is 10.5 Å². The Bertz CT molecular complexity index is 972. The quantitative estimate of drug-likeness (QED) is 0.855. The lowest BCUT2D eigenvalue weighted by atomic mass is 9.95. The molecule has 1 unspecified atom stereocenters. The largest absolute Gasteiger partial charge is 0.336 e. The summed E-state index contributed by atoms with van der Waals surface area (Å²) in [6, 6.07) is 13.1. The summed E-state index contributed by atoms with van der Waals surface area (Å²) in [5.41, 5.74) is 0.710. The van der Waals surface area contributed by atoms with E-state index in [1.807, 2.05) is 47.4 Å². The summed E-state index contributed by atoms with van der Waals surface area (Å²) < 4.78 is 0. The highest BCUT2D eigenvalue weighted by atomic mass is 16.2. The van der Waals surface area contributed by atoms with Gasteiger partial charge in [0.05, 0.1) is 24.5 Å². The number of benzene rings is 1. The Labute approximate surface area is 175 Å². The zero-order chi connectivity index (χ0) is 20.6. The first-order chi connectivity index (χ1) is 14.7. The SMILES string of the molecule is O=C(c1ccccc1)N1CCC2(C1)C(=NC1CCCC1)NC(=O)N2c1cccnc1. The van der Waals surface area contributed by atoms with E-state index >= 15 is 0 Å². The van der Waals surface area contributed by atoms with Crippen molar-refractivity contribution in [1.82, 2.24) is 15.2 Å². The Balaban J connectivity index is 1.52. The van der Waals surface area contributed by atoms with Crippen LogP contribution in [0.15, 0.2) is 59.9 Å². The number of carbonyl (C=O) groups is 2. The van der Waals surface area contributed by atoms with Crippen LogP contribution < -0.4 is 10.2 Å². The maximum absolute atomic E-state index is 13.1. The highest BCUT2D eigenvalue weighted by Gasteiger charge is 2.56. The van der Waals surface area contributed by atoms with Crippen molar-refractivity contribution < 1.29 is 9.59 Å². The van der Waals surface area contributed by atoms with Gasteiger partial charge in [0, 0.05) is 18.3 Å². The molecule has 1 atom stereocenters. The van der Waals surface area contributed by atoms with Crippen LogP contribution in [-0.2, 0) is 0 Å². The fourth-order valence-electron chi connectivity index (χ4n) is 4.90. The second kappa shape index (κ2) is 7.55. The highest BCUT2D eigenvalue weighted by molar-refractivity contribution is 6.19. The third kappa shape index (κ3) is 3.14. The van der Waals surface area contributed by atoms with Gasteiger partial charge in [-0.05, 0) is 43.5 Å². The maximum Gasteiger partial charge on any atom is 0.328 e. The Morgan fingerprint density at radius 3 is 2.67 bits per heavy atom. The van der Waals surface area contributed by atoms with Crippen molar-refractivity contribution in [3.05, 3.63) is 60.4 Å². The lowest BCUT2D eigenvalue weighted by Crippen LogP contribution is -2.53. The van der Waals surface area contributed by atoms with Crippen LogP contribution in [0.25, 0.3) is 0 Å².